The van der Waals surface area contributed by atoms with Crippen LogP contribution in [0.2, 0.25) is 0 Å². The fourth-order valence-corrected chi connectivity index (χ4v) is 2.07. The minimum Gasteiger partial charge on any atom is -0.478 e. The Labute approximate surface area is 147 Å². The van der Waals surface area contributed by atoms with E-state index in [1.807, 2.05) is 0 Å². The largest absolute Gasteiger partial charge is 0.478 e. The van der Waals surface area contributed by atoms with E-state index in [1.165, 1.54) is 13.0 Å². The maximum atomic E-state index is 12.0. The van der Waals surface area contributed by atoms with Crippen molar-refractivity contribution in [1.29, 1.82) is 0 Å². The highest BCUT2D eigenvalue weighted by Gasteiger charge is 2.19. The Balaban J connectivity index is 2.10. The number of ketones is 1. The number of carboxylic acid groups (broad SMARTS) is 1. The Kier molecular flexibility index (Phi) is 5.63. The van der Waals surface area contributed by atoms with E-state index >= 15 is 0 Å². The minimum atomic E-state index is -1.28. The summed E-state index contributed by atoms with van der Waals surface area (Å²) in [5.74, 6) is -2.41. The first kappa shape index (κ1) is 18.6. The van der Waals surface area contributed by atoms with Crippen molar-refractivity contribution in [1.82, 2.24) is 0 Å². The van der Waals surface area contributed by atoms with Crippen molar-refractivity contribution in [3.63, 3.8) is 0 Å². The van der Waals surface area contributed by atoms with Gasteiger partial charge in [0, 0.05) is 23.4 Å². The first-order chi connectivity index (χ1) is 12.3. The van der Waals surface area contributed by atoms with E-state index in [4.69, 9.17) is 9.84 Å². The Morgan fingerprint density at radius 3 is 2.50 bits per heavy atom. The van der Waals surface area contributed by atoms with Crippen LogP contribution >= 0.6 is 0 Å². The van der Waals surface area contributed by atoms with Gasteiger partial charge in [-0.15, -0.1) is 0 Å². The summed E-state index contributed by atoms with van der Waals surface area (Å²) in [5, 5.41) is 22.4. The second kappa shape index (κ2) is 7.88. The monoisotopic (exact) mass is 358 g/mol. The number of aromatic carboxylic acids is 1. The lowest BCUT2D eigenvalue weighted by Gasteiger charge is -2.09. The highest BCUT2D eigenvalue weighted by Crippen LogP contribution is 2.28. The number of amides is 1. The molecule has 0 spiro atoms. The second-order valence-electron chi connectivity index (χ2n) is 5.22. The third kappa shape index (κ3) is 4.63. The van der Waals surface area contributed by atoms with Crippen LogP contribution in [-0.4, -0.2) is 34.3 Å². The quantitative estimate of drug-likeness (QED) is 0.441. The summed E-state index contributed by atoms with van der Waals surface area (Å²) >= 11 is 0. The van der Waals surface area contributed by atoms with Crippen LogP contribution in [0.3, 0.4) is 0 Å². The van der Waals surface area contributed by atoms with E-state index in [1.54, 1.807) is 18.2 Å². The van der Waals surface area contributed by atoms with Crippen LogP contribution in [0, 0.1) is 10.1 Å². The number of nitrogens with zero attached hydrogens (tertiary/aromatic N) is 1. The summed E-state index contributed by atoms with van der Waals surface area (Å²) in [7, 11) is 0. The number of benzene rings is 2. The van der Waals surface area contributed by atoms with Crippen LogP contribution in [0.1, 0.15) is 27.6 Å². The third-order valence-corrected chi connectivity index (χ3v) is 3.32. The summed E-state index contributed by atoms with van der Waals surface area (Å²) < 4.78 is 5.12. The van der Waals surface area contributed by atoms with E-state index < -0.39 is 29.1 Å². The van der Waals surface area contributed by atoms with Crippen molar-refractivity contribution in [2.45, 2.75) is 6.92 Å². The summed E-state index contributed by atoms with van der Waals surface area (Å²) in [6.07, 6.45) is 0. The van der Waals surface area contributed by atoms with Crippen molar-refractivity contribution in [3.8, 4) is 5.75 Å². The molecule has 0 aliphatic heterocycles. The lowest BCUT2D eigenvalue weighted by atomic mass is 10.1. The Hall–Kier alpha value is -3.75. The number of carbonyl (C=O) groups excluding carboxylic acids is 2. The highest BCUT2D eigenvalue weighted by atomic mass is 16.6. The minimum absolute atomic E-state index is 0.168. The molecule has 0 bridgehead atoms. The molecule has 26 heavy (non-hydrogen) atoms. The van der Waals surface area contributed by atoms with Crippen LogP contribution in [-0.2, 0) is 4.79 Å². The molecule has 0 unspecified atom stereocenters. The zero-order valence-corrected chi connectivity index (χ0v) is 13.6. The van der Waals surface area contributed by atoms with Gasteiger partial charge in [0.25, 0.3) is 5.91 Å². The molecule has 0 atom stereocenters. The number of carbonyl (C=O) groups is 3. The number of anilines is 1. The molecule has 0 aliphatic carbocycles. The van der Waals surface area contributed by atoms with Gasteiger partial charge in [-0.05, 0) is 25.1 Å². The molecule has 0 radical (unpaired) electrons. The third-order valence-electron chi connectivity index (χ3n) is 3.32. The fourth-order valence-electron chi connectivity index (χ4n) is 2.07. The van der Waals surface area contributed by atoms with Gasteiger partial charge in [-0.25, -0.2) is 4.79 Å². The van der Waals surface area contributed by atoms with Gasteiger partial charge < -0.3 is 15.2 Å². The predicted molar refractivity (Wildman–Crippen MR) is 90.6 cm³/mol. The van der Waals surface area contributed by atoms with Gasteiger partial charge in [0.2, 0.25) is 0 Å². The summed E-state index contributed by atoms with van der Waals surface area (Å²) in [5.41, 5.74) is 0.107. The molecule has 0 aromatic heterocycles. The van der Waals surface area contributed by atoms with Crippen LogP contribution in [0.4, 0.5) is 11.4 Å². The maximum absolute atomic E-state index is 12.0. The molecule has 2 aromatic carbocycles. The average Bonchev–Trinajstić information content (AvgIpc) is 2.59. The molecular formula is C17H14N2O7. The normalized spacial score (nSPS) is 10.0. The van der Waals surface area contributed by atoms with Crippen molar-refractivity contribution < 1.29 is 29.2 Å². The van der Waals surface area contributed by atoms with Gasteiger partial charge in [0.05, 0.1) is 10.5 Å². The molecule has 0 heterocycles. The van der Waals surface area contributed by atoms with E-state index in [-0.39, 0.29) is 17.1 Å². The molecule has 9 nitrogen and oxygen atoms in total. The van der Waals surface area contributed by atoms with Gasteiger partial charge in [0.1, 0.15) is 0 Å². The summed E-state index contributed by atoms with van der Waals surface area (Å²) in [4.78, 5) is 44.5. The smallest absolute Gasteiger partial charge is 0.335 e. The average molecular weight is 358 g/mol. The van der Waals surface area contributed by atoms with Crippen molar-refractivity contribution in [2.24, 2.45) is 0 Å². The van der Waals surface area contributed by atoms with Gasteiger partial charge in [-0.3, -0.25) is 19.7 Å². The van der Waals surface area contributed by atoms with E-state index in [2.05, 4.69) is 5.32 Å². The molecule has 134 valence electrons. The molecule has 0 saturated heterocycles. The van der Waals surface area contributed by atoms with Gasteiger partial charge in [-0.2, -0.15) is 0 Å². The number of nitro benzene ring substituents is 1. The summed E-state index contributed by atoms with van der Waals surface area (Å²) in [6, 6.07) is 9.27. The van der Waals surface area contributed by atoms with Crippen molar-refractivity contribution in [2.75, 3.05) is 11.9 Å². The highest BCUT2D eigenvalue weighted by molar-refractivity contribution is 5.97. The van der Waals surface area contributed by atoms with E-state index in [9.17, 15) is 24.5 Å². The number of nitrogens with one attached hydrogen (secondary N) is 1. The number of ether oxygens (including phenoxy) is 1. The predicted octanol–water partition coefficient (Wildman–Crippen LogP) is 2.51. The Morgan fingerprint density at radius 2 is 1.88 bits per heavy atom. The Morgan fingerprint density at radius 1 is 1.15 bits per heavy atom. The molecule has 2 aromatic rings. The van der Waals surface area contributed by atoms with Crippen LogP contribution in [0.25, 0.3) is 0 Å². The van der Waals surface area contributed by atoms with E-state index in [0.717, 1.165) is 18.2 Å². The molecule has 0 fully saturated rings. The lowest BCUT2D eigenvalue weighted by molar-refractivity contribution is -0.385. The van der Waals surface area contributed by atoms with Crippen LogP contribution in [0.15, 0.2) is 42.5 Å². The number of hydrogen-bond acceptors (Lipinski definition) is 6. The zero-order chi connectivity index (χ0) is 19.3. The molecule has 1 amide bonds. The number of nitro groups is 1. The van der Waals surface area contributed by atoms with Crippen molar-refractivity contribution in [3.05, 3.63) is 63.7 Å². The fraction of sp³-hybridized carbons (Fsp3) is 0.118. The molecule has 0 saturated carbocycles. The molecule has 2 N–H and O–H groups in total. The number of hydrogen-bond donors (Lipinski definition) is 2. The van der Waals surface area contributed by atoms with Gasteiger partial charge >= 0.3 is 11.7 Å². The first-order valence-corrected chi connectivity index (χ1v) is 7.33. The Bertz CT molecular complexity index is 892. The number of rotatable bonds is 7. The van der Waals surface area contributed by atoms with Gasteiger partial charge in [0.15, 0.2) is 18.1 Å². The van der Waals surface area contributed by atoms with Crippen molar-refractivity contribution >= 4 is 29.0 Å². The maximum Gasteiger partial charge on any atom is 0.335 e. The molecule has 0 aliphatic rings. The first-order valence-electron chi connectivity index (χ1n) is 7.33. The van der Waals surface area contributed by atoms with Gasteiger partial charge in [-0.1, -0.05) is 12.1 Å². The number of Topliss-reactive ketones (excluding diaryl/α,β-unsaturated/α-hetero) is 1. The van der Waals surface area contributed by atoms with Crippen LogP contribution < -0.4 is 10.1 Å². The van der Waals surface area contributed by atoms with E-state index in [0.29, 0.717) is 11.3 Å². The molecule has 2 rings (SSSR count). The zero-order valence-electron chi connectivity index (χ0n) is 13.6. The topological polar surface area (TPSA) is 136 Å². The van der Waals surface area contributed by atoms with Crippen LogP contribution in [0.5, 0.6) is 5.75 Å². The SMILES string of the molecule is CC(=O)c1cccc(NC(=O)COc2cc(C(=O)O)ccc2[N+](=O)[O-])c1. The molecular weight excluding hydrogens is 344 g/mol. The summed E-state index contributed by atoms with van der Waals surface area (Å²) in [6.45, 7) is 0.812. The number of carboxylic acids is 1. The molecule has 9 heteroatoms. The second-order valence-corrected chi connectivity index (χ2v) is 5.22. The standard InChI is InChI=1S/C17H14N2O7/c1-10(20)11-3-2-4-13(7-11)18-16(21)9-26-15-8-12(17(22)23)5-6-14(15)19(24)25/h2-8H,9H2,1H3,(H,18,21)(H,22,23). The lowest BCUT2D eigenvalue weighted by Crippen LogP contribution is -2.20.